The summed E-state index contributed by atoms with van der Waals surface area (Å²) in [4.78, 5) is 15.5. The summed E-state index contributed by atoms with van der Waals surface area (Å²) in [5, 5.41) is 26.9. The molecule has 7 nitrogen and oxygen atoms in total. The average molecular weight is 407 g/mol. The van der Waals surface area contributed by atoms with Crippen LogP contribution in [0.2, 0.25) is 0 Å². The van der Waals surface area contributed by atoms with Crippen molar-refractivity contribution >= 4 is 5.97 Å². The van der Waals surface area contributed by atoms with Crippen LogP contribution in [0.1, 0.15) is 51.5 Å². The van der Waals surface area contributed by atoms with Gasteiger partial charge in [0, 0.05) is 11.8 Å². The third-order valence-electron chi connectivity index (χ3n) is 4.63. The molecule has 2 N–H and O–H groups in total. The van der Waals surface area contributed by atoms with Gasteiger partial charge < -0.3 is 14.9 Å². The SMILES string of the molecule is Cc1cc(OCc2ccccc2)c(CCCCc2cc(C(=O)O)cc(CO)n2)nn1. The largest absolute Gasteiger partial charge is 0.487 e. The number of rotatable bonds is 10. The summed E-state index contributed by atoms with van der Waals surface area (Å²) in [7, 11) is 0. The lowest BCUT2D eigenvalue weighted by Gasteiger charge is -2.11. The number of hydrogen-bond donors (Lipinski definition) is 2. The Hall–Kier alpha value is -3.32. The van der Waals surface area contributed by atoms with Crippen molar-refractivity contribution in [2.75, 3.05) is 0 Å². The molecular formula is C23H25N3O4. The molecule has 7 heteroatoms. The summed E-state index contributed by atoms with van der Waals surface area (Å²) in [6.45, 7) is 2.07. The Bertz CT molecular complexity index is 993. The van der Waals surface area contributed by atoms with Gasteiger partial charge in [-0.15, -0.1) is 0 Å². The number of hydrogen-bond acceptors (Lipinski definition) is 6. The predicted molar refractivity (Wildman–Crippen MR) is 111 cm³/mol. The lowest BCUT2D eigenvalue weighted by Crippen LogP contribution is -2.05. The van der Waals surface area contributed by atoms with Gasteiger partial charge in [-0.05, 0) is 50.3 Å². The van der Waals surface area contributed by atoms with Gasteiger partial charge in [0.25, 0.3) is 0 Å². The summed E-state index contributed by atoms with van der Waals surface area (Å²) in [5.74, 6) is -0.289. The van der Waals surface area contributed by atoms with Crippen LogP contribution in [0.3, 0.4) is 0 Å². The fraction of sp³-hybridized carbons (Fsp3) is 0.304. The summed E-state index contributed by atoms with van der Waals surface area (Å²) < 4.78 is 5.98. The van der Waals surface area contributed by atoms with E-state index in [1.165, 1.54) is 6.07 Å². The molecule has 0 atom stereocenters. The number of carbonyl (C=O) groups is 1. The molecule has 0 bridgehead atoms. The zero-order valence-corrected chi connectivity index (χ0v) is 16.9. The zero-order valence-electron chi connectivity index (χ0n) is 16.9. The van der Waals surface area contributed by atoms with Crippen molar-refractivity contribution in [3.8, 4) is 5.75 Å². The second-order valence-electron chi connectivity index (χ2n) is 7.08. The molecule has 2 aromatic heterocycles. The Balaban J connectivity index is 1.58. The summed E-state index contributed by atoms with van der Waals surface area (Å²) in [5.41, 5.74) is 3.86. The first-order valence-corrected chi connectivity index (χ1v) is 9.89. The smallest absolute Gasteiger partial charge is 0.335 e. The van der Waals surface area contributed by atoms with Gasteiger partial charge in [0.2, 0.25) is 0 Å². The summed E-state index contributed by atoms with van der Waals surface area (Å²) in [6.07, 6.45) is 2.94. The van der Waals surface area contributed by atoms with E-state index >= 15 is 0 Å². The van der Waals surface area contributed by atoms with Gasteiger partial charge in [0.1, 0.15) is 18.1 Å². The first kappa shape index (κ1) is 21.4. The molecule has 0 saturated heterocycles. The van der Waals surface area contributed by atoms with Crippen molar-refractivity contribution in [3.63, 3.8) is 0 Å². The van der Waals surface area contributed by atoms with E-state index in [1.807, 2.05) is 43.3 Å². The quantitative estimate of drug-likeness (QED) is 0.495. The van der Waals surface area contributed by atoms with E-state index in [0.29, 0.717) is 30.8 Å². The van der Waals surface area contributed by atoms with Crippen LogP contribution in [-0.4, -0.2) is 31.4 Å². The Morgan fingerprint density at radius 3 is 2.47 bits per heavy atom. The minimum atomic E-state index is -1.02. The summed E-state index contributed by atoms with van der Waals surface area (Å²) in [6, 6.07) is 14.8. The normalized spacial score (nSPS) is 10.7. The number of aliphatic hydroxyl groups excluding tert-OH is 1. The van der Waals surface area contributed by atoms with Crippen LogP contribution < -0.4 is 4.74 Å². The van der Waals surface area contributed by atoms with Crippen LogP contribution in [0.4, 0.5) is 0 Å². The molecule has 0 saturated carbocycles. The van der Waals surface area contributed by atoms with Crippen LogP contribution in [0, 0.1) is 6.92 Å². The maximum absolute atomic E-state index is 11.2. The van der Waals surface area contributed by atoms with Gasteiger partial charge >= 0.3 is 5.97 Å². The van der Waals surface area contributed by atoms with E-state index in [1.54, 1.807) is 6.07 Å². The molecule has 0 unspecified atom stereocenters. The molecule has 0 fully saturated rings. The maximum atomic E-state index is 11.2. The molecule has 1 aromatic carbocycles. The van der Waals surface area contributed by atoms with Crippen LogP contribution >= 0.6 is 0 Å². The molecule has 30 heavy (non-hydrogen) atoms. The van der Waals surface area contributed by atoms with Crippen LogP contribution in [0.15, 0.2) is 48.5 Å². The highest BCUT2D eigenvalue weighted by Gasteiger charge is 2.10. The molecule has 3 aromatic rings. The van der Waals surface area contributed by atoms with E-state index < -0.39 is 5.97 Å². The number of pyridine rings is 1. The average Bonchev–Trinajstić information content (AvgIpc) is 2.76. The molecule has 0 aliphatic heterocycles. The minimum Gasteiger partial charge on any atom is -0.487 e. The second kappa shape index (κ2) is 10.5. The van der Waals surface area contributed by atoms with Gasteiger partial charge in [-0.3, -0.25) is 4.98 Å². The molecule has 2 heterocycles. The van der Waals surface area contributed by atoms with Gasteiger partial charge in [0.05, 0.1) is 23.6 Å². The van der Waals surface area contributed by atoms with Crippen molar-refractivity contribution in [2.24, 2.45) is 0 Å². The number of unbranched alkanes of at least 4 members (excludes halogenated alkanes) is 1. The fourth-order valence-corrected chi connectivity index (χ4v) is 3.10. The Labute approximate surface area is 175 Å². The topological polar surface area (TPSA) is 105 Å². The van der Waals surface area contributed by atoms with Crippen molar-refractivity contribution in [1.82, 2.24) is 15.2 Å². The number of aliphatic hydroxyl groups is 1. The van der Waals surface area contributed by atoms with Crippen molar-refractivity contribution in [1.29, 1.82) is 0 Å². The number of aromatic nitrogens is 3. The molecule has 156 valence electrons. The molecule has 3 rings (SSSR count). The number of benzene rings is 1. The van der Waals surface area contributed by atoms with Gasteiger partial charge in [-0.2, -0.15) is 10.2 Å². The lowest BCUT2D eigenvalue weighted by atomic mass is 10.1. The van der Waals surface area contributed by atoms with E-state index in [4.69, 9.17) is 4.74 Å². The van der Waals surface area contributed by atoms with Crippen LogP contribution in [0.25, 0.3) is 0 Å². The number of aryl methyl sites for hydroxylation is 3. The standard InChI is InChI=1S/C23H25N3O4/c1-16-11-22(30-15-17-7-3-2-4-8-17)21(26-25-16)10-6-5-9-19-12-18(23(28)29)13-20(14-27)24-19/h2-4,7-8,11-13,27H,5-6,9-10,14-15H2,1H3,(H,28,29). The Kier molecular flexibility index (Phi) is 7.45. The fourth-order valence-electron chi connectivity index (χ4n) is 3.10. The molecule has 0 aliphatic rings. The lowest BCUT2D eigenvalue weighted by molar-refractivity contribution is 0.0696. The second-order valence-corrected chi connectivity index (χ2v) is 7.08. The predicted octanol–water partition coefficient (Wildman–Crippen LogP) is 3.51. The molecule has 0 spiro atoms. The van der Waals surface area contributed by atoms with E-state index in [9.17, 15) is 15.0 Å². The first-order valence-electron chi connectivity index (χ1n) is 9.89. The molecular weight excluding hydrogens is 382 g/mol. The van der Waals surface area contributed by atoms with E-state index in [0.717, 1.165) is 35.5 Å². The van der Waals surface area contributed by atoms with Crippen LogP contribution in [-0.2, 0) is 26.1 Å². The Morgan fingerprint density at radius 2 is 1.73 bits per heavy atom. The van der Waals surface area contributed by atoms with Crippen molar-refractivity contribution in [3.05, 3.63) is 82.4 Å². The van der Waals surface area contributed by atoms with Gasteiger partial charge in [0.15, 0.2) is 0 Å². The zero-order chi connectivity index (χ0) is 21.3. The summed E-state index contributed by atoms with van der Waals surface area (Å²) >= 11 is 0. The van der Waals surface area contributed by atoms with E-state index in [-0.39, 0.29) is 12.2 Å². The van der Waals surface area contributed by atoms with Crippen molar-refractivity contribution < 1.29 is 19.7 Å². The highest BCUT2D eigenvalue weighted by atomic mass is 16.5. The van der Waals surface area contributed by atoms with Crippen LogP contribution in [0.5, 0.6) is 5.75 Å². The van der Waals surface area contributed by atoms with E-state index in [2.05, 4.69) is 15.2 Å². The minimum absolute atomic E-state index is 0.144. The monoisotopic (exact) mass is 407 g/mol. The Morgan fingerprint density at radius 1 is 1.00 bits per heavy atom. The number of carboxylic acid groups (broad SMARTS) is 1. The number of ether oxygens (including phenoxy) is 1. The number of carboxylic acids is 1. The molecule has 0 aliphatic carbocycles. The number of aromatic carboxylic acids is 1. The van der Waals surface area contributed by atoms with Gasteiger partial charge in [-0.25, -0.2) is 4.79 Å². The third-order valence-corrected chi connectivity index (χ3v) is 4.63. The molecule has 0 amide bonds. The highest BCUT2D eigenvalue weighted by Crippen LogP contribution is 2.20. The van der Waals surface area contributed by atoms with Crippen molar-refractivity contribution in [2.45, 2.75) is 45.8 Å². The third kappa shape index (κ3) is 6.09. The first-order chi connectivity index (χ1) is 14.5. The number of nitrogens with zero attached hydrogens (tertiary/aromatic N) is 3. The maximum Gasteiger partial charge on any atom is 0.335 e. The molecule has 0 radical (unpaired) electrons. The highest BCUT2D eigenvalue weighted by molar-refractivity contribution is 5.87. The van der Waals surface area contributed by atoms with Gasteiger partial charge in [-0.1, -0.05) is 30.3 Å².